The Bertz CT molecular complexity index is 723. The van der Waals surface area contributed by atoms with Gasteiger partial charge in [-0.15, -0.1) is 0 Å². The number of ether oxygens (including phenoxy) is 1. The van der Waals surface area contributed by atoms with E-state index in [-0.39, 0.29) is 0 Å². The van der Waals surface area contributed by atoms with Crippen LogP contribution in [0.15, 0.2) is 11.6 Å². The second kappa shape index (κ2) is 7.35. The van der Waals surface area contributed by atoms with Crippen LogP contribution in [-0.4, -0.2) is 12.7 Å². The van der Waals surface area contributed by atoms with Crippen molar-refractivity contribution in [1.29, 1.82) is 0 Å². The van der Waals surface area contributed by atoms with Crippen molar-refractivity contribution >= 4 is 0 Å². The predicted octanol–water partition coefficient (Wildman–Crippen LogP) is 8.43. The molecular formula is C30H50O. The highest BCUT2D eigenvalue weighted by Crippen LogP contribution is 2.75. The zero-order valence-electron chi connectivity index (χ0n) is 21.7. The van der Waals surface area contributed by atoms with E-state index in [1.807, 2.05) is 0 Å². The van der Waals surface area contributed by atoms with Crippen LogP contribution in [0, 0.1) is 51.2 Å². The highest BCUT2D eigenvalue weighted by atomic mass is 16.5. The van der Waals surface area contributed by atoms with Gasteiger partial charge in [0, 0.05) is 5.41 Å². The minimum absolute atomic E-state index is 0.386. The maximum atomic E-state index is 6.58. The van der Waals surface area contributed by atoms with Gasteiger partial charge in [0.1, 0.15) is 0 Å². The average molecular weight is 427 g/mol. The summed E-state index contributed by atoms with van der Waals surface area (Å²) < 4.78 is 6.58. The molecule has 2 saturated heterocycles. The molecule has 4 saturated carbocycles. The average Bonchev–Trinajstić information content (AvgIpc) is 2.99. The zero-order chi connectivity index (χ0) is 22.2. The van der Waals surface area contributed by atoms with Gasteiger partial charge in [-0.2, -0.15) is 0 Å². The molecule has 0 unspecified atom stereocenters. The molecule has 0 amide bonds. The molecule has 0 aromatic heterocycles. The molecule has 4 aliphatic carbocycles. The molecule has 2 heterocycles. The van der Waals surface area contributed by atoms with E-state index in [1.165, 1.54) is 64.2 Å². The van der Waals surface area contributed by atoms with Crippen LogP contribution >= 0.6 is 0 Å². The summed E-state index contributed by atoms with van der Waals surface area (Å²) in [6, 6.07) is 0. The maximum Gasteiger partial charge on any atom is 0.0629 e. The molecule has 6 rings (SSSR count). The van der Waals surface area contributed by atoms with Gasteiger partial charge in [0.05, 0.1) is 12.7 Å². The zero-order valence-corrected chi connectivity index (χ0v) is 21.7. The van der Waals surface area contributed by atoms with E-state index in [1.54, 1.807) is 5.57 Å². The SMILES string of the molecule is C/C(=C/CCC(C)C)[C@H]1CC[C@@]2(C)[C@@H]3CC[C@H]4C(C)(C)[C@@H]5CC[C@]4(CO5)[C@H]3CC[C@]12C. The molecule has 6 fully saturated rings. The van der Waals surface area contributed by atoms with Crippen molar-refractivity contribution in [3.63, 3.8) is 0 Å². The molecule has 1 heteroatoms. The Morgan fingerprint density at radius 3 is 2.32 bits per heavy atom. The Morgan fingerprint density at radius 2 is 1.65 bits per heavy atom. The largest absolute Gasteiger partial charge is 0.377 e. The topological polar surface area (TPSA) is 9.23 Å². The van der Waals surface area contributed by atoms with Crippen LogP contribution in [0.5, 0.6) is 0 Å². The van der Waals surface area contributed by atoms with E-state index >= 15 is 0 Å². The molecule has 0 radical (unpaired) electrons. The van der Waals surface area contributed by atoms with E-state index in [0.29, 0.717) is 27.8 Å². The first-order chi connectivity index (χ1) is 14.6. The van der Waals surface area contributed by atoms with Gasteiger partial charge in [-0.05, 0) is 117 Å². The van der Waals surface area contributed by atoms with Gasteiger partial charge in [0.2, 0.25) is 0 Å². The lowest BCUT2D eigenvalue weighted by molar-refractivity contribution is -0.281. The number of hydrogen-bond acceptors (Lipinski definition) is 1. The van der Waals surface area contributed by atoms with E-state index in [4.69, 9.17) is 4.74 Å². The van der Waals surface area contributed by atoms with Crippen molar-refractivity contribution in [2.45, 2.75) is 119 Å². The van der Waals surface area contributed by atoms with Gasteiger partial charge in [0.25, 0.3) is 0 Å². The van der Waals surface area contributed by atoms with Gasteiger partial charge in [-0.1, -0.05) is 53.2 Å². The highest BCUT2D eigenvalue weighted by Gasteiger charge is 2.70. The van der Waals surface area contributed by atoms with Gasteiger partial charge >= 0.3 is 0 Å². The standard InChI is InChI=1S/C30H50O/c1-20(2)9-8-10-21(3)22-13-16-29(7)23-11-12-25-27(4,5)26-15-18-30(25,19-31-26)24(23)14-17-28(22,29)6/h10,20,22-26H,8-9,11-19H2,1-7H3/b21-10-/t22-,23-,24+,25+,26+,28-,29+,30+/m1/s1. The van der Waals surface area contributed by atoms with E-state index in [0.717, 1.165) is 36.2 Å². The molecule has 0 aromatic rings. The Morgan fingerprint density at radius 1 is 0.903 bits per heavy atom. The quantitative estimate of drug-likeness (QED) is 0.410. The lowest BCUT2D eigenvalue weighted by Crippen LogP contribution is -2.67. The molecule has 2 bridgehead atoms. The molecule has 8 atom stereocenters. The summed E-state index contributed by atoms with van der Waals surface area (Å²) in [6.45, 7) is 18.8. The molecule has 0 aromatic carbocycles. The third-order valence-electron chi connectivity index (χ3n) is 12.4. The molecule has 2 aliphatic heterocycles. The van der Waals surface area contributed by atoms with Crippen molar-refractivity contribution < 1.29 is 4.74 Å². The first-order valence-electron chi connectivity index (χ1n) is 13.8. The summed E-state index contributed by atoms with van der Waals surface area (Å²) in [4.78, 5) is 0. The third kappa shape index (κ3) is 2.96. The monoisotopic (exact) mass is 426 g/mol. The molecule has 1 spiro atoms. The minimum Gasteiger partial charge on any atom is -0.377 e. The molecule has 1 nitrogen and oxygen atoms in total. The third-order valence-corrected chi connectivity index (χ3v) is 12.4. The fourth-order valence-electron chi connectivity index (χ4n) is 10.5. The van der Waals surface area contributed by atoms with Gasteiger partial charge < -0.3 is 4.74 Å². The first kappa shape index (κ1) is 22.5. The molecule has 176 valence electrons. The summed E-state index contributed by atoms with van der Waals surface area (Å²) in [6.07, 6.45) is 17.3. The van der Waals surface area contributed by atoms with E-state index < -0.39 is 0 Å². The number of allylic oxidation sites excluding steroid dienone is 2. The van der Waals surface area contributed by atoms with Crippen LogP contribution < -0.4 is 0 Å². The Labute approximate surface area is 193 Å². The fourth-order valence-corrected chi connectivity index (χ4v) is 10.5. The van der Waals surface area contributed by atoms with Crippen LogP contribution in [0.2, 0.25) is 0 Å². The molecular weight excluding hydrogens is 376 g/mol. The fraction of sp³-hybridized carbons (Fsp3) is 0.933. The Kier molecular flexibility index (Phi) is 5.33. The summed E-state index contributed by atoms with van der Waals surface area (Å²) in [5.74, 6) is 4.36. The van der Waals surface area contributed by atoms with E-state index in [2.05, 4.69) is 54.5 Å². The van der Waals surface area contributed by atoms with Crippen molar-refractivity contribution in [2.75, 3.05) is 6.61 Å². The summed E-state index contributed by atoms with van der Waals surface area (Å²) in [5.41, 5.74) is 3.62. The van der Waals surface area contributed by atoms with Crippen molar-refractivity contribution in [2.24, 2.45) is 51.2 Å². The smallest absolute Gasteiger partial charge is 0.0629 e. The first-order valence-corrected chi connectivity index (χ1v) is 13.8. The van der Waals surface area contributed by atoms with Crippen LogP contribution in [0.1, 0.15) is 113 Å². The lowest BCUT2D eigenvalue weighted by atomic mass is 9.37. The van der Waals surface area contributed by atoms with Crippen LogP contribution in [0.25, 0.3) is 0 Å². The van der Waals surface area contributed by atoms with Crippen LogP contribution in [0.3, 0.4) is 0 Å². The number of rotatable bonds is 4. The van der Waals surface area contributed by atoms with Crippen molar-refractivity contribution in [1.82, 2.24) is 0 Å². The second-order valence-corrected chi connectivity index (χ2v) is 14.1. The Balaban J connectivity index is 1.43. The number of fused-ring (bicyclic) bond motifs is 5. The van der Waals surface area contributed by atoms with Gasteiger partial charge in [-0.25, -0.2) is 0 Å². The minimum atomic E-state index is 0.386. The van der Waals surface area contributed by atoms with Crippen LogP contribution in [0.4, 0.5) is 0 Å². The van der Waals surface area contributed by atoms with Gasteiger partial charge in [-0.3, -0.25) is 0 Å². The van der Waals surface area contributed by atoms with Gasteiger partial charge in [0.15, 0.2) is 0 Å². The lowest BCUT2D eigenvalue weighted by Gasteiger charge is -2.70. The number of hydrogen-bond donors (Lipinski definition) is 0. The second-order valence-electron chi connectivity index (χ2n) is 14.1. The highest BCUT2D eigenvalue weighted by molar-refractivity contribution is 5.22. The molecule has 31 heavy (non-hydrogen) atoms. The molecule has 6 aliphatic rings. The maximum absolute atomic E-state index is 6.58. The van der Waals surface area contributed by atoms with Crippen molar-refractivity contribution in [3.8, 4) is 0 Å². The normalized spacial score (nSPS) is 50.8. The summed E-state index contributed by atoms with van der Waals surface area (Å²) in [7, 11) is 0. The summed E-state index contributed by atoms with van der Waals surface area (Å²) in [5, 5.41) is 0. The molecule has 0 N–H and O–H groups in total. The predicted molar refractivity (Wildman–Crippen MR) is 131 cm³/mol. The summed E-state index contributed by atoms with van der Waals surface area (Å²) >= 11 is 0. The van der Waals surface area contributed by atoms with E-state index in [9.17, 15) is 0 Å². The van der Waals surface area contributed by atoms with Crippen LogP contribution in [-0.2, 0) is 4.74 Å². The van der Waals surface area contributed by atoms with Crippen molar-refractivity contribution in [3.05, 3.63) is 11.6 Å². The Hall–Kier alpha value is -0.300.